The molecule has 4 aliphatic rings. The summed E-state index contributed by atoms with van der Waals surface area (Å²) in [4.78, 5) is 21.6. The molecule has 0 spiro atoms. The highest BCUT2D eigenvalue weighted by atomic mass is 32.1. The van der Waals surface area contributed by atoms with Crippen molar-refractivity contribution in [2.45, 2.75) is 63.4 Å². The van der Waals surface area contributed by atoms with Crippen molar-refractivity contribution in [3.63, 3.8) is 0 Å². The molecule has 2 atom stereocenters. The Balaban J connectivity index is 1.17. The summed E-state index contributed by atoms with van der Waals surface area (Å²) < 4.78 is 0. The fourth-order valence-electron chi connectivity index (χ4n) is 6.29. The van der Waals surface area contributed by atoms with Gasteiger partial charge in [0.25, 0.3) is 0 Å². The molecule has 4 bridgehead atoms. The van der Waals surface area contributed by atoms with E-state index in [0.717, 1.165) is 43.5 Å². The molecule has 0 amide bonds. The van der Waals surface area contributed by atoms with Crippen LogP contribution < -0.4 is 0 Å². The molecule has 1 N–H and O–H groups in total. The van der Waals surface area contributed by atoms with Crippen molar-refractivity contribution in [2.75, 3.05) is 0 Å². The number of hydrogen-bond donors (Lipinski definition) is 1. The number of pyridine rings is 1. The fourth-order valence-corrected chi connectivity index (χ4v) is 7.13. The van der Waals surface area contributed by atoms with E-state index in [2.05, 4.69) is 22.1 Å². The zero-order chi connectivity index (χ0) is 19.1. The van der Waals surface area contributed by atoms with Crippen molar-refractivity contribution < 1.29 is 9.90 Å². The van der Waals surface area contributed by atoms with Crippen LogP contribution in [0.2, 0.25) is 0 Å². The zero-order valence-corrected chi connectivity index (χ0v) is 17.0. The Morgan fingerprint density at radius 1 is 1.14 bits per heavy atom. The number of hydrogen-bond acceptors (Lipinski definition) is 5. The van der Waals surface area contributed by atoms with Gasteiger partial charge in [-0.05, 0) is 92.7 Å². The molecule has 2 unspecified atom stereocenters. The van der Waals surface area contributed by atoms with Gasteiger partial charge in [0.05, 0.1) is 10.6 Å². The number of aryl methyl sites for hydroxylation is 2. The van der Waals surface area contributed by atoms with Crippen LogP contribution in [0.1, 0.15) is 66.0 Å². The second-order valence-corrected chi connectivity index (χ2v) is 10.3. The van der Waals surface area contributed by atoms with Gasteiger partial charge in [-0.1, -0.05) is 0 Å². The molecule has 0 aliphatic heterocycles. The number of rotatable bonds is 7. The third-order valence-electron chi connectivity index (χ3n) is 7.30. The minimum absolute atomic E-state index is 0.209. The van der Waals surface area contributed by atoms with E-state index < -0.39 is 5.60 Å². The van der Waals surface area contributed by atoms with Gasteiger partial charge in [0.2, 0.25) is 0 Å². The lowest BCUT2D eigenvalue weighted by atomic mass is 9.49. The number of aromatic nitrogens is 2. The van der Waals surface area contributed by atoms with Crippen LogP contribution in [0.4, 0.5) is 0 Å². The third kappa shape index (κ3) is 3.67. The number of carbonyl (C=O) groups is 1. The molecule has 2 heterocycles. The number of ketones is 1. The van der Waals surface area contributed by atoms with Crippen LogP contribution in [0.15, 0.2) is 29.9 Å². The molecule has 4 saturated carbocycles. The van der Waals surface area contributed by atoms with Gasteiger partial charge in [-0.2, -0.15) is 0 Å². The molecule has 0 aromatic carbocycles. The number of Topliss-reactive ketones (excluding diaryl/α,β-unsaturated/α-hetero) is 1. The quantitative estimate of drug-likeness (QED) is 0.701. The summed E-state index contributed by atoms with van der Waals surface area (Å²) in [5.41, 5.74) is 1.54. The molecule has 4 nitrogen and oxygen atoms in total. The minimum Gasteiger partial charge on any atom is -0.390 e. The zero-order valence-electron chi connectivity index (χ0n) is 16.2. The Morgan fingerprint density at radius 3 is 2.61 bits per heavy atom. The second kappa shape index (κ2) is 7.34. The van der Waals surface area contributed by atoms with Crippen molar-refractivity contribution in [3.05, 3.63) is 46.2 Å². The van der Waals surface area contributed by atoms with Crippen molar-refractivity contribution in [1.82, 2.24) is 9.97 Å². The van der Waals surface area contributed by atoms with Crippen molar-refractivity contribution in [1.29, 1.82) is 0 Å². The van der Waals surface area contributed by atoms with Gasteiger partial charge < -0.3 is 5.11 Å². The Bertz CT molecular complexity index is 833. The largest absolute Gasteiger partial charge is 0.390 e. The highest BCUT2D eigenvalue weighted by Crippen LogP contribution is 2.59. The first kappa shape index (κ1) is 18.4. The molecular weight excluding hydrogens is 368 g/mol. The summed E-state index contributed by atoms with van der Waals surface area (Å²) in [5.74, 6) is 2.44. The van der Waals surface area contributed by atoms with Crippen molar-refractivity contribution >= 4 is 17.1 Å². The van der Waals surface area contributed by atoms with Crippen LogP contribution in [-0.4, -0.2) is 26.5 Å². The fraction of sp³-hybridized carbons (Fsp3) is 0.609. The van der Waals surface area contributed by atoms with Gasteiger partial charge in [-0.25, -0.2) is 4.98 Å². The van der Waals surface area contributed by atoms with E-state index in [1.165, 1.54) is 18.4 Å². The van der Waals surface area contributed by atoms with Gasteiger partial charge >= 0.3 is 0 Å². The van der Waals surface area contributed by atoms with Crippen LogP contribution in [0.3, 0.4) is 0 Å². The molecule has 2 aromatic heterocycles. The summed E-state index contributed by atoms with van der Waals surface area (Å²) in [6.07, 6.45) is 12.5. The van der Waals surface area contributed by atoms with Crippen LogP contribution in [0.25, 0.3) is 0 Å². The predicted octanol–water partition coefficient (Wildman–Crippen LogP) is 4.47. The first-order chi connectivity index (χ1) is 13.6. The standard InChI is InChI=1S/C23H28N2O2S/c26-21(10-19-17-8-16-9-18(19)13-23(27,11-16)12-17)20-14-28-22(25-20)3-1-2-15-4-6-24-7-5-15/h4-7,14,16-19,27H,1-3,8-13H2. The summed E-state index contributed by atoms with van der Waals surface area (Å²) in [7, 11) is 0. The summed E-state index contributed by atoms with van der Waals surface area (Å²) in [6.45, 7) is 0. The van der Waals surface area contributed by atoms with E-state index in [9.17, 15) is 9.90 Å². The molecule has 148 valence electrons. The minimum atomic E-state index is -0.418. The summed E-state index contributed by atoms with van der Waals surface area (Å²) in [5, 5.41) is 13.8. The van der Waals surface area contributed by atoms with Gasteiger partial charge in [0.15, 0.2) is 5.78 Å². The average molecular weight is 397 g/mol. The smallest absolute Gasteiger partial charge is 0.182 e. The topological polar surface area (TPSA) is 63.1 Å². The monoisotopic (exact) mass is 396 g/mol. The highest BCUT2D eigenvalue weighted by molar-refractivity contribution is 7.09. The molecular formula is C23H28N2O2S. The molecule has 4 fully saturated rings. The van der Waals surface area contributed by atoms with E-state index in [4.69, 9.17) is 0 Å². The first-order valence-corrected chi connectivity index (χ1v) is 11.5. The van der Waals surface area contributed by atoms with Gasteiger partial charge in [-0.3, -0.25) is 9.78 Å². The van der Waals surface area contributed by atoms with Gasteiger partial charge in [-0.15, -0.1) is 11.3 Å². The van der Waals surface area contributed by atoms with E-state index in [1.54, 1.807) is 11.3 Å². The maximum absolute atomic E-state index is 12.9. The molecule has 5 heteroatoms. The highest BCUT2D eigenvalue weighted by Gasteiger charge is 2.54. The third-order valence-corrected chi connectivity index (χ3v) is 8.21. The molecule has 0 radical (unpaired) electrons. The lowest BCUT2D eigenvalue weighted by molar-refractivity contribution is -0.151. The van der Waals surface area contributed by atoms with E-state index >= 15 is 0 Å². The normalized spacial score (nSPS) is 33.3. The SMILES string of the molecule is O=C(CC1C2CC3CC1CC(O)(C3)C2)c1csc(CCCc2ccncc2)n1. The van der Waals surface area contributed by atoms with Gasteiger partial charge in [0.1, 0.15) is 5.69 Å². The number of aliphatic hydroxyl groups is 1. The van der Waals surface area contributed by atoms with Gasteiger partial charge in [0, 0.05) is 24.2 Å². The Labute approximate surface area is 170 Å². The second-order valence-electron chi connectivity index (χ2n) is 9.32. The lowest BCUT2D eigenvalue weighted by Gasteiger charge is -2.58. The molecule has 6 rings (SSSR count). The molecule has 28 heavy (non-hydrogen) atoms. The van der Waals surface area contributed by atoms with Crippen LogP contribution in [0.5, 0.6) is 0 Å². The first-order valence-electron chi connectivity index (χ1n) is 10.7. The summed E-state index contributed by atoms with van der Waals surface area (Å²) >= 11 is 1.62. The Morgan fingerprint density at radius 2 is 1.89 bits per heavy atom. The maximum Gasteiger partial charge on any atom is 0.182 e. The van der Waals surface area contributed by atoms with E-state index in [0.29, 0.717) is 35.8 Å². The predicted molar refractivity (Wildman–Crippen MR) is 109 cm³/mol. The van der Waals surface area contributed by atoms with E-state index in [1.807, 2.05) is 17.8 Å². The summed E-state index contributed by atoms with van der Waals surface area (Å²) in [6, 6.07) is 4.11. The maximum atomic E-state index is 12.9. The Hall–Kier alpha value is -1.59. The van der Waals surface area contributed by atoms with Crippen molar-refractivity contribution in [3.8, 4) is 0 Å². The molecule has 4 aliphatic carbocycles. The molecule has 2 aromatic rings. The van der Waals surface area contributed by atoms with Crippen molar-refractivity contribution in [2.24, 2.45) is 23.7 Å². The number of carbonyl (C=O) groups excluding carboxylic acids is 1. The number of thiazole rings is 1. The van der Waals surface area contributed by atoms with E-state index in [-0.39, 0.29) is 5.78 Å². The van der Waals surface area contributed by atoms with Crippen LogP contribution in [0, 0.1) is 23.7 Å². The molecule has 0 saturated heterocycles. The van der Waals surface area contributed by atoms with Crippen LogP contribution in [-0.2, 0) is 12.8 Å². The Kier molecular flexibility index (Phi) is 4.84. The average Bonchev–Trinajstić information content (AvgIpc) is 3.13. The lowest BCUT2D eigenvalue weighted by Crippen LogP contribution is -2.54. The van der Waals surface area contributed by atoms with Crippen LogP contribution >= 0.6 is 11.3 Å². The number of nitrogens with zero attached hydrogens (tertiary/aromatic N) is 2.